The molecule has 0 saturated carbocycles. The van der Waals surface area contributed by atoms with Crippen LogP contribution in [0.1, 0.15) is 23.7 Å². The van der Waals surface area contributed by atoms with Gasteiger partial charge < -0.3 is 10.4 Å². The van der Waals surface area contributed by atoms with E-state index in [0.717, 1.165) is 10.8 Å². The van der Waals surface area contributed by atoms with Crippen LogP contribution in [0.2, 0.25) is 0 Å². The summed E-state index contributed by atoms with van der Waals surface area (Å²) in [5.41, 5.74) is 0.651. The second-order valence-corrected chi connectivity index (χ2v) is 4.45. The van der Waals surface area contributed by atoms with Crippen LogP contribution >= 0.6 is 0 Å². The van der Waals surface area contributed by atoms with E-state index in [0.29, 0.717) is 12.0 Å². The molecule has 1 unspecified atom stereocenters. The minimum Gasteiger partial charge on any atom is -0.396 e. The van der Waals surface area contributed by atoms with Crippen LogP contribution in [-0.4, -0.2) is 23.7 Å². The molecule has 0 saturated heterocycles. The van der Waals surface area contributed by atoms with E-state index in [-0.39, 0.29) is 18.6 Å². The van der Waals surface area contributed by atoms with Gasteiger partial charge in [-0.25, -0.2) is 0 Å². The highest BCUT2D eigenvalue weighted by atomic mass is 16.3. The largest absolute Gasteiger partial charge is 0.396 e. The molecule has 2 aromatic carbocycles. The van der Waals surface area contributed by atoms with E-state index in [1.807, 2.05) is 49.4 Å². The van der Waals surface area contributed by atoms with Crippen LogP contribution in [0, 0.1) is 0 Å². The molecule has 0 bridgehead atoms. The topological polar surface area (TPSA) is 49.3 Å². The van der Waals surface area contributed by atoms with Crippen LogP contribution in [0.5, 0.6) is 0 Å². The minimum atomic E-state index is -0.0956. The van der Waals surface area contributed by atoms with Gasteiger partial charge in [-0.3, -0.25) is 4.79 Å². The van der Waals surface area contributed by atoms with Crippen LogP contribution < -0.4 is 5.32 Å². The number of aliphatic hydroxyl groups is 1. The van der Waals surface area contributed by atoms with Crippen molar-refractivity contribution in [1.29, 1.82) is 0 Å². The number of hydrogen-bond donors (Lipinski definition) is 2. The van der Waals surface area contributed by atoms with Crippen molar-refractivity contribution in [3.8, 4) is 0 Å². The molecule has 94 valence electrons. The van der Waals surface area contributed by atoms with Crippen molar-refractivity contribution in [3.63, 3.8) is 0 Å². The van der Waals surface area contributed by atoms with Gasteiger partial charge in [-0.05, 0) is 36.2 Å². The van der Waals surface area contributed by atoms with E-state index in [4.69, 9.17) is 5.11 Å². The first-order chi connectivity index (χ1) is 8.70. The summed E-state index contributed by atoms with van der Waals surface area (Å²) in [6.07, 6.45) is 0.569. The van der Waals surface area contributed by atoms with Gasteiger partial charge in [-0.2, -0.15) is 0 Å². The lowest BCUT2D eigenvalue weighted by atomic mass is 10.1. The summed E-state index contributed by atoms with van der Waals surface area (Å²) >= 11 is 0. The fourth-order valence-electron chi connectivity index (χ4n) is 1.90. The maximum Gasteiger partial charge on any atom is 0.251 e. The summed E-state index contributed by atoms with van der Waals surface area (Å²) in [6.45, 7) is 1.97. The average molecular weight is 243 g/mol. The molecular formula is C15H17NO2. The van der Waals surface area contributed by atoms with Gasteiger partial charge in [0, 0.05) is 18.2 Å². The third-order valence-electron chi connectivity index (χ3n) is 2.95. The van der Waals surface area contributed by atoms with Crippen molar-refractivity contribution in [2.75, 3.05) is 6.61 Å². The zero-order chi connectivity index (χ0) is 13.0. The van der Waals surface area contributed by atoms with Crippen LogP contribution in [0.25, 0.3) is 10.8 Å². The lowest BCUT2D eigenvalue weighted by Crippen LogP contribution is -2.33. The first-order valence-electron chi connectivity index (χ1n) is 6.11. The molecule has 0 aliphatic rings. The van der Waals surface area contributed by atoms with Crippen molar-refractivity contribution in [1.82, 2.24) is 5.32 Å². The normalized spacial score (nSPS) is 12.3. The Kier molecular flexibility index (Phi) is 3.95. The minimum absolute atomic E-state index is 0.0195. The second kappa shape index (κ2) is 5.65. The monoisotopic (exact) mass is 243 g/mol. The Hall–Kier alpha value is -1.87. The molecule has 3 heteroatoms. The number of rotatable bonds is 4. The van der Waals surface area contributed by atoms with Crippen LogP contribution in [-0.2, 0) is 0 Å². The van der Waals surface area contributed by atoms with Crippen molar-refractivity contribution >= 4 is 16.7 Å². The van der Waals surface area contributed by atoms with Gasteiger partial charge in [0.25, 0.3) is 5.91 Å². The Morgan fingerprint density at radius 3 is 2.67 bits per heavy atom. The van der Waals surface area contributed by atoms with Gasteiger partial charge in [-0.15, -0.1) is 0 Å². The lowest BCUT2D eigenvalue weighted by Gasteiger charge is -2.12. The fourth-order valence-corrected chi connectivity index (χ4v) is 1.90. The molecule has 0 aromatic heterocycles. The van der Waals surface area contributed by atoms with E-state index in [1.54, 1.807) is 0 Å². The molecule has 3 nitrogen and oxygen atoms in total. The molecule has 0 radical (unpaired) electrons. The highest BCUT2D eigenvalue weighted by Gasteiger charge is 2.09. The first-order valence-corrected chi connectivity index (χ1v) is 6.11. The number of carbonyl (C=O) groups is 1. The highest BCUT2D eigenvalue weighted by molar-refractivity contribution is 5.98. The molecule has 0 spiro atoms. The number of amides is 1. The van der Waals surface area contributed by atoms with Crippen LogP contribution in [0.4, 0.5) is 0 Å². The first kappa shape index (κ1) is 12.6. The molecule has 1 amide bonds. The van der Waals surface area contributed by atoms with Gasteiger partial charge in [0.1, 0.15) is 0 Å². The van der Waals surface area contributed by atoms with E-state index in [9.17, 15) is 4.79 Å². The zero-order valence-electron chi connectivity index (χ0n) is 10.4. The summed E-state index contributed by atoms with van der Waals surface area (Å²) in [6, 6.07) is 13.6. The number of carbonyl (C=O) groups excluding carboxylic acids is 1. The number of fused-ring (bicyclic) bond motifs is 1. The lowest BCUT2D eigenvalue weighted by molar-refractivity contribution is 0.0934. The summed E-state index contributed by atoms with van der Waals surface area (Å²) < 4.78 is 0. The smallest absolute Gasteiger partial charge is 0.251 e. The van der Waals surface area contributed by atoms with Crippen molar-refractivity contribution < 1.29 is 9.90 Å². The summed E-state index contributed by atoms with van der Waals surface area (Å²) in [4.78, 5) is 12.0. The van der Waals surface area contributed by atoms with Crippen molar-refractivity contribution in [2.24, 2.45) is 0 Å². The van der Waals surface area contributed by atoms with Crippen molar-refractivity contribution in [2.45, 2.75) is 19.4 Å². The maximum atomic E-state index is 12.0. The van der Waals surface area contributed by atoms with Crippen molar-refractivity contribution in [3.05, 3.63) is 48.0 Å². The maximum absolute atomic E-state index is 12.0. The van der Waals surface area contributed by atoms with E-state index >= 15 is 0 Å². The number of hydrogen-bond acceptors (Lipinski definition) is 2. The SMILES string of the molecule is CC(CCO)NC(=O)c1ccc2ccccc2c1. The molecule has 2 rings (SSSR count). The third kappa shape index (κ3) is 2.87. The summed E-state index contributed by atoms with van der Waals surface area (Å²) in [5, 5.41) is 13.9. The van der Waals surface area contributed by atoms with Gasteiger partial charge in [0.05, 0.1) is 0 Å². The average Bonchev–Trinajstić information content (AvgIpc) is 2.38. The zero-order valence-corrected chi connectivity index (χ0v) is 10.4. The Balaban J connectivity index is 2.17. The molecule has 1 atom stereocenters. The fraction of sp³-hybridized carbons (Fsp3) is 0.267. The third-order valence-corrected chi connectivity index (χ3v) is 2.95. The van der Waals surface area contributed by atoms with Gasteiger partial charge in [0.15, 0.2) is 0 Å². The Morgan fingerprint density at radius 2 is 1.94 bits per heavy atom. The highest BCUT2D eigenvalue weighted by Crippen LogP contribution is 2.15. The quantitative estimate of drug-likeness (QED) is 0.866. The summed E-state index contributed by atoms with van der Waals surface area (Å²) in [5.74, 6) is -0.0956. The van der Waals surface area contributed by atoms with E-state index in [1.165, 1.54) is 0 Å². The van der Waals surface area contributed by atoms with Gasteiger partial charge in [0.2, 0.25) is 0 Å². The second-order valence-electron chi connectivity index (χ2n) is 4.45. The molecule has 18 heavy (non-hydrogen) atoms. The molecule has 0 fully saturated rings. The van der Waals surface area contributed by atoms with E-state index < -0.39 is 0 Å². The summed E-state index contributed by atoms with van der Waals surface area (Å²) in [7, 11) is 0. The van der Waals surface area contributed by atoms with E-state index in [2.05, 4.69) is 5.32 Å². The molecule has 0 heterocycles. The predicted octanol–water partition coefficient (Wildman–Crippen LogP) is 2.34. The Bertz CT molecular complexity index is 551. The molecular weight excluding hydrogens is 226 g/mol. The van der Waals surface area contributed by atoms with Gasteiger partial charge >= 0.3 is 0 Å². The number of nitrogens with one attached hydrogen (secondary N) is 1. The standard InChI is InChI=1S/C15H17NO2/c1-11(8-9-17)16-15(18)14-7-6-12-4-2-3-5-13(12)10-14/h2-7,10-11,17H,8-9H2,1H3,(H,16,18). The van der Waals surface area contributed by atoms with Crippen LogP contribution in [0.15, 0.2) is 42.5 Å². The number of benzene rings is 2. The predicted molar refractivity (Wildman–Crippen MR) is 72.6 cm³/mol. The Labute approximate surface area is 106 Å². The molecule has 2 N–H and O–H groups in total. The molecule has 0 aliphatic heterocycles. The van der Waals surface area contributed by atoms with Gasteiger partial charge in [-0.1, -0.05) is 30.3 Å². The molecule has 0 aliphatic carbocycles. The molecule has 2 aromatic rings. The Morgan fingerprint density at radius 1 is 1.22 bits per heavy atom. The van der Waals surface area contributed by atoms with Crippen LogP contribution in [0.3, 0.4) is 0 Å². The number of aliphatic hydroxyl groups excluding tert-OH is 1.